The summed E-state index contributed by atoms with van der Waals surface area (Å²) >= 11 is 0. The molecule has 2 aromatic rings. The van der Waals surface area contributed by atoms with Gasteiger partial charge in [0, 0.05) is 36.1 Å². The van der Waals surface area contributed by atoms with E-state index in [0.29, 0.717) is 0 Å². The Labute approximate surface area is 162 Å². The zero-order chi connectivity index (χ0) is 21.6. The van der Waals surface area contributed by atoms with Crippen LogP contribution in [0.15, 0.2) is 36.4 Å². The van der Waals surface area contributed by atoms with Crippen molar-refractivity contribution in [2.75, 3.05) is 13.2 Å². The number of nitrogens with zero attached hydrogens (tertiary/aromatic N) is 4. The SMILES string of the molecule is O=[N+]([O-])c1ccc(CCOCCc2ccc([N+](=O)[O-])cc2[N+](=O)[O-])c([N+](=O)[O-])c1. The molecule has 0 aliphatic heterocycles. The van der Waals surface area contributed by atoms with Crippen LogP contribution >= 0.6 is 0 Å². The summed E-state index contributed by atoms with van der Waals surface area (Å²) in [6.07, 6.45) is 0.216. The number of benzene rings is 2. The number of ether oxygens (including phenoxy) is 1. The van der Waals surface area contributed by atoms with Crippen LogP contribution in [0.5, 0.6) is 0 Å². The first-order valence-electron chi connectivity index (χ1n) is 8.12. The predicted molar refractivity (Wildman–Crippen MR) is 97.7 cm³/mol. The quantitative estimate of drug-likeness (QED) is 0.325. The molecule has 0 aliphatic rings. The van der Waals surface area contributed by atoms with Crippen LogP contribution in [0.2, 0.25) is 0 Å². The van der Waals surface area contributed by atoms with Crippen molar-refractivity contribution < 1.29 is 24.4 Å². The van der Waals surface area contributed by atoms with E-state index in [9.17, 15) is 40.5 Å². The van der Waals surface area contributed by atoms with E-state index in [2.05, 4.69) is 0 Å². The molecule has 0 saturated carbocycles. The molecule has 2 rings (SSSR count). The smallest absolute Gasteiger partial charge is 0.279 e. The van der Waals surface area contributed by atoms with Crippen LogP contribution in [-0.4, -0.2) is 32.9 Å². The summed E-state index contributed by atoms with van der Waals surface area (Å²) in [5.74, 6) is 0. The van der Waals surface area contributed by atoms with Gasteiger partial charge in [-0.2, -0.15) is 0 Å². The summed E-state index contributed by atoms with van der Waals surface area (Å²) in [5.41, 5.74) is -1.08. The minimum Gasteiger partial charge on any atom is -0.381 e. The third-order valence-electron chi connectivity index (χ3n) is 3.98. The van der Waals surface area contributed by atoms with Gasteiger partial charge >= 0.3 is 0 Å². The minimum atomic E-state index is -0.732. The van der Waals surface area contributed by atoms with Gasteiger partial charge in [0.2, 0.25) is 0 Å². The Kier molecular flexibility index (Phi) is 6.81. The number of hydrogen-bond acceptors (Lipinski definition) is 9. The van der Waals surface area contributed by atoms with Gasteiger partial charge in [-0.25, -0.2) is 0 Å². The van der Waals surface area contributed by atoms with Crippen LogP contribution in [0.3, 0.4) is 0 Å². The molecule has 0 fully saturated rings. The second-order valence-corrected chi connectivity index (χ2v) is 5.77. The molecule has 13 heteroatoms. The molecule has 29 heavy (non-hydrogen) atoms. The van der Waals surface area contributed by atoms with Crippen molar-refractivity contribution in [3.8, 4) is 0 Å². The first-order valence-corrected chi connectivity index (χ1v) is 8.12. The van der Waals surface area contributed by atoms with Crippen LogP contribution < -0.4 is 0 Å². The van der Waals surface area contributed by atoms with E-state index < -0.39 is 42.4 Å². The Balaban J connectivity index is 1.97. The average molecular weight is 406 g/mol. The second kappa shape index (κ2) is 9.27. The van der Waals surface area contributed by atoms with Crippen LogP contribution in [0.25, 0.3) is 0 Å². The minimum absolute atomic E-state index is 0.0411. The molecule has 2 aromatic carbocycles. The lowest BCUT2D eigenvalue weighted by molar-refractivity contribution is -0.394. The summed E-state index contributed by atoms with van der Waals surface area (Å²) < 4.78 is 5.35. The van der Waals surface area contributed by atoms with Gasteiger partial charge < -0.3 is 4.74 Å². The fourth-order valence-electron chi connectivity index (χ4n) is 2.56. The van der Waals surface area contributed by atoms with Crippen molar-refractivity contribution in [3.05, 3.63) is 88.0 Å². The maximum absolute atomic E-state index is 11.1. The number of rotatable bonds is 10. The molecule has 0 heterocycles. The third kappa shape index (κ3) is 5.49. The van der Waals surface area contributed by atoms with E-state index in [-0.39, 0.29) is 37.2 Å². The molecule has 0 spiro atoms. The first kappa shape index (κ1) is 21.3. The van der Waals surface area contributed by atoms with Crippen LogP contribution in [0, 0.1) is 40.5 Å². The largest absolute Gasteiger partial charge is 0.381 e. The molecule has 152 valence electrons. The lowest BCUT2D eigenvalue weighted by Gasteiger charge is -2.06. The van der Waals surface area contributed by atoms with E-state index >= 15 is 0 Å². The monoisotopic (exact) mass is 406 g/mol. The normalized spacial score (nSPS) is 10.5. The third-order valence-corrected chi connectivity index (χ3v) is 3.98. The van der Waals surface area contributed by atoms with Crippen LogP contribution in [0.1, 0.15) is 11.1 Å². The van der Waals surface area contributed by atoms with Crippen molar-refractivity contribution in [1.82, 2.24) is 0 Å². The predicted octanol–water partition coefficient (Wildman–Crippen LogP) is 3.12. The first-order chi connectivity index (χ1) is 13.7. The van der Waals surface area contributed by atoms with Gasteiger partial charge in [-0.1, -0.05) is 0 Å². The maximum atomic E-state index is 11.1. The van der Waals surface area contributed by atoms with E-state index in [1.165, 1.54) is 12.1 Å². The van der Waals surface area contributed by atoms with Crippen LogP contribution in [-0.2, 0) is 17.6 Å². The van der Waals surface area contributed by atoms with E-state index in [0.717, 1.165) is 24.3 Å². The van der Waals surface area contributed by atoms with Crippen molar-refractivity contribution in [2.24, 2.45) is 0 Å². The summed E-state index contributed by atoms with van der Waals surface area (Å²) in [6, 6.07) is 6.61. The Bertz CT molecular complexity index is 899. The summed E-state index contributed by atoms with van der Waals surface area (Å²) in [6.45, 7) is 0.0822. The highest BCUT2D eigenvalue weighted by Crippen LogP contribution is 2.26. The van der Waals surface area contributed by atoms with Gasteiger partial charge in [0.25, 0.3) is 22.7 Å². The molecule has 0 aromatic heterocycles. The summed E-state index contributed by atoms with van der Waals surface area (Å²) in [7, 11) is 0. The number of nitro groups is 4. The zero-order valence-electron chi connectivity index (χ0n) is 14.8. The van der Waals surface area contributed by atoms with Crippen LogP contribution in [0.4, 0.5) is 22.7 Å². The Morgan fingerprint density at radius 2 is 1.00 bits per heavy atom. The summed E-state index contributed by atoms with van der Waals surface area (Å²) in [4.78, 5) is 40.7. The zero-order valence-corrected chi connectivity index (χ0v) is 14.8. The van der Waals surface area contributed by atoms with Crippen molar-refractivity contribution in [1.29, 1.82) is 0 Å². The Hall–Kier alpha value is -4.00. The van der Waals surface area contributed by atoms with Gasteiger partial charge in [-0.3, -0.25) is 40.5 Å². The summed E-state index contributed by atoms with van der Waals surface area (Å²) in [5, 5.41) is 43.6. The van der Waals surface area contributed by atoms with Gasteiger partial charge in [-0.15, -0.1) is 0 Å². The average Bonchev–Trinajstić information content (AvgIpc) is 2.67. The molecule has 0 bridgehead atoms. The molecule has 0 amide bonds. The molecular formula is C16H14N4O9. The van der Waals surface area contributed by atoms with E-state index in [1.807, 2.05) is 0 Å². The Morgan fingerprint density at radius 3 is 1.31 bits per heavy atom. The Morgan fingerprint density at radius 1 is 0.621 bits per heavy atom. The molecule has 0 atom stereocenters. The van der Waals surface area contributed by atoms with Gasteiger partial charge in [-0.05, 0) is 12.1 Å². The highest BCUT2D eigenvalue weighted by atomic mass is 16.6. The molecule has 0 saturated heterocycles. The fourth-order valence-corrected chi connectivity index (χ4v) is 2.56. The number of hydrogen-bond donors (Lipinski definition) is 0. The number of non-ortho nitro benzene ring substituents is 2. The standard InChI is InChI=1S/C16H14N4O9/c21-17(22)13-3-1-11(15(9-13)19(25)26)5-7-29-8-6-12-2-4-14(18(23)24)10-16(12)20(27)28/h1-4,9-10H,5-8H2. The van der Waals surface area contributed by atoms with Crippen molar-refractivity contribution in [3.63, 3.8) is 0 Å². The van der Waals surface area contributed by atoms with E-state index in [1.54, 1.807) is 0 Å². The lowest BCUT2D eigenvalue weighted by Crippen LogP contribution is -2.06. The molecule has 0 radical (unpaired) electrons. The van der Waals surface area contributed by atoms with Gasteiger partial charge in [0.15, 0.2) is 0 Å². The molecule has 0 aliphatic carbocycles. The highest BCUT2D eigenvalue weighted by Gasteiger charge is 2.20. The van der Waals surface area contributed by atoms with Crippen molar-refractivity contribution >= 4 is 22.7 Å². The molecular weight excluding hydrogens is 392 g/mol. The lowest BCUT2D eigenvalue weighted by atomic mass is 10.1. The highest BCUT2D eigenvalue weighted by molar-refractivity contribution is 5.50. The molecule has 0 N–H and O–H groups in total. The molecule has 0 unspecified atom stereocenters. The maximum Gasteiger partial charge on any atom is 0.279 e. The molecule has 13 nitrogen and oxygen atoms in total. The van der Waals surface area contributed by atoms with Gasteiger partial charge in [0.1, 0.15) is 0 Å². The number of nitro benzene ring substituents is 4. The van der Waals surface area contributed by atoms with Gasteiger partial charge in [0.05, 0.1) is 45.0 Å². The van der Waals surface area contributed by atoms with E-state index in [4.69, 9.17) is 4.74 Å². The second-order valence-electron chi connectivity index (χ2n) is 5.77. The topological polar surface area (TPSA) is 182 Å². The fraction of sp³-hybridized carbons (Fsp3) is 0.250. The van der Waals surface area contributed by atoms with Crippen molar-refractivity contribution in [2.45, 2.75) is 12.8 Å².